The zero-order chi connectivity index (χ0) is 15.0. The van der Waals surface area contributed by atoms with Crippen molar-refractivity contribution in [2.45, 2.75) is 18.4 Å². The van der Waals surface area contributed by atoms with Gasteiger partial charge < -0.3 is 10.8 Å². The molecular weight excluding hydrogens is 278 g/mol. The maximum Gasteiger partial charge on any atom is 0.420 e. The summed E-state index contributed by atoms with van der Waals surface area (Å²) in [4.78, 5) is 0. The van der Waals surface area contributed by atoms with Crippen LogP contribution in [0.4, 0.5) is 26.3 Å². The molecule has 0 saturated carbocycles. The molecule has 19 heavy (non-hydrogen) atoms. The summed E-state index contributed by atoms with van der Waals surface area (Å²) in [6.45, 7) is 0. The Kier molecular flexibility index (Phi) is 3.67. The lowest BCUT2D eigenvalue weighted by atomic mass is 9.98. The van der Waals surface area contributed by atoms with Crippen molar-refractivity contribution < 1.29 is 31.4 Å². The van der Waals surface area contributed by atoms with Crippen molar-refractivity contribution in [3.63, 3.8) is 0 Å². The normalized spacial score (nSPS) is 14.0. The number of benzene rings is 1. The zero-order valence-corrected chi connectivity index (χ0v) is 8.97. The highest BCUT2D eigenvalue weighted by atomic mass is 19.4. The van der Waals surface area contributed by atoms with Gasteiger partial charge in [0.1, 0.15) is 11.8 Å². The Morgan fingerprint density at radius 3 is 2.05 bits per heavy atom. The van der Waals surface area contributed by atoms with E-state index in [0.29, 0.717) is 6.07 Å². The molecule has 0 heterocycles. The maximum absolute atomic E-state index is 12.5. The summed E-state index contributed by atoms with van der Waals surface area (Å²) in [6.07, 6.45) is -10.1. The molecule has 1 aromatic carbocycles. The molecule has 0 saturated heterocycles. The van der Waals surface area contributed by atoms with Crippen LogP contribution in [0, 0.1) is 11.3 Å². The summed E-state index contributed by atoms with van der Waals surface area (Å²) < 4.78 is 74.7. The van der Waals surface area contributed by atoms with Crippen LogP contribution in [0.5, 0.6) is 5.75 Å². The lowest BCUT2D eigenvalue weighted by molar-refractivity contribution is -0.151. The van der Waals surface area contributed by atoms with Crippen LogP contribution in [0.15, 0.2) is 12.1 Å². The average Bonchev–Trinajstić information content (AvgIpc) is 2.25. The molecule has 1 atom stereocenters. The Hall–Kier alpha value is -1.95. The van der Waals surface area contributed by atoms with Crippen molar-refractivity contribution in [2.24, 2.45) is 5.73 Å². The van der Waals surface area contributed by atoms with Gasteiger partial charge in [0.15, 0.2) is 0 Å². The van der Waals surface area contributed by atoms with Gasteiger partial charge in [-0.3, -0.25) is 0 Å². The third kappa shape index (κ3) is 3.08. The number of nitriles is 1. The van der Waals surface area contributed by atoms with Crippen LogP contribution in [0.25, 0.3) is 0 Å². The summed E-state index contributed by atoms with van der Waals surface area (Å²) in [5, 5.41) is 17.8. The molecule has 0 amide bonds. The van der Waals surface area contributed by atoms with Crippen LogP contribution in [0.1, 0.15) is 22.7 Å². The number of halogens is 6. The number of rotatable bonds is 1. The number of phenolic OH excluding ortho intramolecular Hbond substituents is 1. The molecule has 0 aromatic heterocycles. The van der Waals surface area contributed by atoms with Gasteiger partial charge in [-0.2, -0.15) is 31.6 Å². The Morgan fingerprint density at radius 2 is 1.68 bits per heavy atom. The molecule has 104 valence electrons. The zero-order valence-electron chi connectivity index (χ0n) is 8.97. The molecule has 1 aromatic rings. The third-order valence-corrected chi connectivity index (χ3v) is 2.26. The van der Waals surface area contributed by atoms with E-state index in [1.165, 1.54) is 6.07 Å². The standard InChI is InChI=1S/C10H6F6N2O/c11-9(12,13)6-2-4(3-17)1-5(7(6)19)8(18)10(14,15)16/h1-2,8,19H,18H2/t8-/m0/s1. The summed E-state index contributed by atoms with van der Waals surface area (Å²) in [7, 11) is 0. The quantitative estimate of drug-likeness (QED) is 0.779. The van der Waals surface area contributed by atoms with Gasteiger partial charge in [-0.15, -0.1) is 0 Å². The van der Waals surface area contributed by atoms with Crippen LogP contribution in [0.2, 0.25) is 0 Å². The minimum absolute atomic E-state index is 0.252. The van der Waals surface area contributed by atoms with Gasteiger partial charge in [0.2, 0.25) is 0 Å². The first kappa shape index (κ1) is 15.1. The molecule has 0 spiro atoms. The van der Waals surface area contributed by atoms with Gasteiger partial charge in [0.25, 0.3) is 0 Å². The second kappa shape index (κ2) is 4.62. The summed E-state index contributed by atoms with van der Waals surface area (Å²) in [5.74, 6) is -1.63. The summed E-state index contributed by atoms with van der Waals surface area (Å²) in [6, 6.07) is -0.811. The average molecular weight is 284 g/mol. The Morgan fingerprint density at radius 1 is 1.16 bits per heavy atom. The highest BCUT2D eigenvalue weighted by molar-refractivity contribution is 5.50. The molecule has 0 fully saturated rings. The largest absolute Gasteiger partial charge is 0.507 e. The number of hydrogen-bond acceptors (Lipinski definition) is 3. The van der Waals surface area contributed by atoms with Gasteiger partial charge in [-0.1, -0.05) is 0 Å². The van der Waals surface area contributed by atoms with E-state index >= 15 is 0 Å². The molecule has 9 heteroatoms. The van der Waals surface area contributed by atoms with Crippen LogP contribution in [-0.2, 0) is 6.18 Å². The highest BCUT2D eigenvalue weighted by Crippen LogP contribution is 2.43. The van der Waals surface area contributed by atoms with Crippen LogP contribution in [0.3, 0.4) is 0 Å². The fourth-order valence-electron chi connectivity index (χ4n) is 1.35. The predicted octanol–water partition coefficient (Wildman–Crippen LogP) is 2.84. The Balaban J connectivity index is 3.54. The maximum atomic E-state index is 12.5. The Labute approximate surface area is 102 Å². The fourth-order valence-corrected chi connectivity index (χ4v) is 1.35. The number of nitrogens with two attached hydrogens (primary N) is 1. The van der Waals surface area contributed by atoms with Crippen LogP contribution >= 0.6 is 0 Å². The molecule has 0 unspecified atom stereocenters. The van der Waals surface area contributed by atoms with E-state index in [4.69, 9.17) is 11.0 Å². The molecule has 0 aliphatic carbocycles. The van der Waals surface area contributed by atoms with Crippen molar-refractivity contribution in [2.75, 3.05) is 0 Å². The number of aromatic hydroxyl groups is 1. The van der Waals surface area contributed by atoms with E-state index in [1.54, 1.807) is 0 Å². The SMILES string of the molecule is N#Cc1cc([C@H](N)C(F)(F)F)c(O)c(C(F)(F)F)c1. The van der Waals surface area contributed by atoms with Gasteiger partial charge in [-0.25, -0.2) is 0 Å². The highest BCUT2D eigenvalue weighted by Gasteiger charge is 2.42. The smallest absolute Gasteiger partial charge is 0.420 e. The number of hydrogen-bond donors (Lipinski definition) is 2. The fraction of sp³-hybridized carbons (Fsp3) is 0.300. The molecule has 0 bridgehead atoms. The van der Waals surface area contributed by atoms with Crippen molar-refractivity contribution >= 4 is 0 Å². The molecule has 0 aliphatic rings. The number of alkyl halides is 6. The minimum atomic E-state index is -5.10. The van der Waals surface area contributed by atoms with E-state index in [0.717, 1.165) is 0 Å². The predicted molar refractivity (Wildman–Crippen MR) is 50.8 cm³/mol. The van der Waals surface area contributed by atoms with E-state index in [9.17, 15) is 31.4 Å². The minimum Gasteiger partial charge on any atom is -0.507 e. The molecular formula is C10H6F6N2O. The Bertz CT molecular complexity index is 529. The first-order valence-corrected chi connectivity index (χ1v) is 4.65. The molecule has 0 aliphatic heterocycles. The second-order valence-electron chi connectivity index (χ2n) is 3.59. The monoisotopic (exact) mass is 284 g/mol. The van der Waals surface area contributed by atoms with Crippen LogP contribution < -0.4 is 5.73 Å². The first-order valence-electron chi connectivity index (χ1n) is 4.65. The molecule has 1 rings (SSSR count). The van der Waals surface area contributed by atoms with Crippen molar-refractivity contribution in [1.82, 2.24) is 0 Å². The second-order valence-corrected chi connectivity index (χ2v) is 3.59. The molecule has 0 radical (unpaired) electrons. The van der Waals surface area contributed by atoms with E-state index in [2.05, 4.69) is 0 Å². The first-order chi connectivity index (χ1) is 8.48. The van der Waals surface area contributed by atoms with E-state index in [-0.39, 0.29) is 6.07 Å². The number of phenols is 1. The van der Waals surface area contributed by atoms with Crippen LogP contribution in [-0.4, -0.2) is 11.3 Å². The van der Waals surface area contributed by atoms with Crippen molar-refractivity contribution in [3.8, 4) is 11.8 Å². The van der Waals surface area contributed by atoms with Crippen molar-refractivity contribution in [1.29, 1.82) is 5.26 Å². The molecule has 3 N–H and O–H groups in total. The lowest BCUT2D eigenvalue weighted by Crippen LogP contribution is -2.29. The lowest BCUT2D eigenvalue weighted by Gasteiger charge is -2.19. The number of nitrogens with zero attached hydrogens (tertiary/aromatic N) is 1. The van der Waals surface area contributed by atoms with E-state index in [1.807, 2.05) is 0 Å². The van der Waals surface area contributed by atoms with Crippen molar-refractivity contribution in [3.05, 3.63) is 28.8 Å². The van der Waals surface area contributed by atoms with Gasteiger partial charge in [0, 0.05) is 5.56 Å². The molecule has 3 nitrogen and oxygen atoms in total. The van der Waals surface area contributed by atoms with Gasteiger partial charge >= 0.3 is 12.4 Å². The van der Waals surface area contributed by atoms with E-state index < -0.39 is 40.8 Å². The van der Waals surface area contributed by atoms with Gasteiger partial charge in [0.05, 0.1) is 17.2 Å². The summed E-state index contributed by atoms with van der Waals surface area (Å²) >= 11 is 0. The third-order valence-electron chi connectivity index (χ3n) is 2.26. The summed E-state index contributed by atoms with van der Waals surface area (Å²) in [5.41, 5.74) is 1.14. The van der Waals surface area contributed by atoms with Gasteiger partial charge in [-0.05, 0) is 12.1 Å². The topological polar surface area (TPSA) is 70.0 Å².